The van der Waals surface area contributed by atoms with E-state index in [2.05, 4.69) is 31.8 Å². The molecule has 3 heterocycles. The van der Waals surface area contributed by atoms with Gasteiger partial charge >= 0.3 is 0 Å². The third-order valence-corrected chi connectivity index (χ3v) is 5.26. The van der Waals surface area contributed by atoms with Crippen molar-refractivity contribution in [3.05, 3.63) is 35.4 Å². The molecule has 0 saturated carbocycles. The summed E-state index contributed by atoms with van der Waals surface area (Å²) in [6, 6.07) is 8.43. The van der Waals surface area contributed by atoms with E-state index in [0.717, 1.165) is 64.3 Å². The number of amides is 1. The molecule has 6 nitrogen and oxygen atoms in total. The molecule has 130 valence electrons. The minimum atomic E-state index is 0.108. The fourth-order valence-corrected chi connectivity index (χ4v) is 4.12. The lowest BCUT2D eigenvalue weighted by Gasteiger charge is -2.44. The monoisotopic (exact) mass is 329 g/mol. The first-order valence-electron chi connectivity index (χ1n) is 9.13. The molecular weight excluding hydrogens is 302 g/mol. The predicted molar refractivity (Wildman–Crippen MR) is 93.9 cm³/mol. The normalized spacial score (nSPS) is 31.4. The molecule has 1 unspecified atom stereocenters. The van der Waals surface area contributed by atoms with Gasteiger partial charge in [0.05, 0.1) is 0 Å². The second-order valence-corrected chi connectivity index (χ2v) is 6.92. The van der Waals surface area contributed by atoms with E-state index in [0.29, 0.717) is 6.04 Å². The maximum Gasteiger partial charge on any atom is 0.255 e. The van der Waals surface area contributed by atoms with Gasteiger partial charge in [-0.1, -0.05) is 18.2 Å². The Morgan fingerprint density at radius 3 is 2.71 bits per heavy atom. The number of nitrogens with zero attached hydrogens (tertiary/aromatic N) is 2. The highest BCUT2D eigenvalue weighted by Crippen LogP contribution is 2.38. The SMILES string of the molecule is O=C1c2ccccc2[C@H]2N3CCNCCCNCCN[C@H](C3)CN12. The van der Waals surface area contributed by atoms with E-state index in [1.807, 2.05) is 18.2 Å². The smallest absolute Gasteiger partial charge is 0.255 e. The molecule has 2 bridgehead atoms. The number of carbonyl (C=O) groups excluding carboxylic acids is 1. The number of benzene rings is 1. The maximum atomic E-state index is 12.8. The van der Waals surface area contributed by atoms with E-state index in [1.54, 1.807) is 0 Å². The van der Waals surface area contributed by atoms with Gasteiger partial charge in [-0.2, -0.15) is 0 Å². The first-order chi connectivity index (χ1) is 11.8. The van der Waals surface area contributed by atoms with Crippen molar-refractivity contribution in [1.82, 2.24) is 25.8 Å². The van der Waals surface area contributed by atoms with Gasteiger partial charge in [0.25, 0.3) is 5.91 Å². The Balaban J connectivity index is 1.57. The minimum absolute atomic E-state index is 0.108. The molecule has 0 spiro atoms. The number of fused-ring (bicyclic) bond motifs is 6. The summed E-state index contributed by atoms with van der Waals surface area (Å²) in [6.07, 6.45) is 1.26. The summed E-state index contributed by atoms with van der Waals surface area (Å²) in [6.45, 7) is 7.75. The van der Waals surface area contributed by atoms with Crippen molar-refractivity contribution in [2.24, 2.45) is 0 Å². The van der Waals surface area contributed by atoms with Crippen LogP contribution in [0.5, 0.6) is 0 Å². The molecule has 1 aromatic rings. The van der Waals surface area contributed by atoms with E-state index >= 15 is 0 Å². The van der Waals surface area contributed by atoms with Crippen LogP contribution in [0.1, 0.15) is 28.5 Å². The zero-order chi connectivity index (χ0) is 16.4. The third-order valence-electron chi connectivity index (χ3n) is 5.26. The molecule has 3 aliphatic heterocycles. The molecule has 4 rings (SSSR count). The summed E-state index contributed by atoms with van der Waals surface area (Å²) < 4.78 is 0. The lowest BCUT2D eigenvalue weighted by molar-refractivity contribution is 0.00430. The molecule has 6 heteroatoms. The van der Waals surface area contributed by atoms with Crippen molar-refractivity contribution in [3.63, 3.8) is 0 Å². The van der Waals surface area contributed by atoms with Crippen LogP contribution in [0.3, 0.4) is 0 Å². The Kier molecular flexibility index (Phi) is 4.80. The number of carbonyl (C=O) groups is 1. The van der Waals surface area contributed by atoms with Crippen molar-refractivity contribution in [2.45, 2.75) is 18.6 Å². The molecular formula is C18H27N5O. The van der Waals surface area contributed by atoms with Crippen LogP contribution in [-0.2, 0) is 0 Å². The molecule has 3 aliphatic rings. The topological polar surface area (TPSA) is 59.6 Å². The van der Waals surface area contributed by atoms with Gasteiger partial charge in [-0.15, -0.1) is 0 Å². The van der Waals surface area contributed by atoms with Crippen molar-refractivity contribution in [1.29, 1.82) is 0 Å². The molecule has 2 saturated heterocycles. The largest absolute Gasteiger partial charge is 0.317 e. The Hall–Kier alpha value is -1.47. The molecule has 0 radical (unpaired) electrons. The van der Waals surface area contributed by atoms with Gasteiger partial charge in [0, 0.05) is 56.4 Å². The summed E-state index contributed by atoms with van der Waals surface area (Å²) in [5.74, 6) is 0.183. The highest BCUT2D eigenvalue weighted by atomic mass is 16.2. The first-order valence-corrected chi connectivity index (χ1v) is 9.13. The first kappa shape index (κ1) is 16.0. The van der Waals surface area contributed by atoms with Crippen molar-refractivity contribution >= 4 is 5.91 Å². The summed E-state index contributed by atoms with van der Waals surface area (Å²) >= 11 is 0. The molecule has 0 aliphatic carbocycles. The summed E-state index contributed by atoms with van der Waals surface area (Å²) in [7, 11) is 0. The zero-order valence-electron chi connectivity index (χ0n) is 14.1. The predicted octanol–water partition coefficient (Wildman–Crippen LogP) is -0.00230. The van der Waals surface area contributed by atoms with Gasteiger partial charge in [0.2, 0.25) is 0 Å². The second kappa shape index (κ2) is 7.19. The molecule has 2 fully saturated rings. The van der Waals surface area contributed by atoms with Crippen LogP contribution in [0.25, 0.3) is 0 Å². The summed E-state index contributed by atoms with van der Waals surface area (Å²) in [5.41, 5.74) is 2.05. The number of nitrogens with one attached hydrogen (secondary N) is 3. The standard InChI is InChI=1S/C18H27N5O/c24-18-16-5-2-1-4-15(16)17-22-11-10-20-7-3-6-19-8-9-21-14(12-22)13-23(17)18/h1-2,4-5,14,17,19-21H,3,6-13H2/t14-,17+/m1/s1. The van der Waals surface area contributed by atoms with E-state index in [1.165, 1.54) is 5.56 Å². The summed E-state index contributed by atoms with van der Waals surface area (Å²) in [4.78, 5) is 17.4. The maximum absolute atomic E-state index is 12.8. The average Bonchev–Trinajstić information content (AvgIpc) is 2.90. The quantitative estimate of drug-likeness (QED) is 0.625. The van der Waals surface area contributed by atoms with Crippen molar-refractivity contribution in [3.8, 4) is 0 Å². The Morgan fingerprint density at radius 2 is 1.79 bits per heavy atom. The van der Waals surface area contributed by atoms with Gasteiger partial charge in [-0.25, -0.2) is 0 Å². The fourth-order valence-electron chi connectivity index (χ4n) is 4.12. The van der Waals surface area contributed by atoms with Crippen LogP contribution in [0.4, 0.5) is 0 Å². The third kappa shape index (κ3) is 3.07. The van der Waals surface area contributed by atoms with Crippen LogP contribution in [0, 0.1) is 0 Å². The molecule has 1 amide bonds. The molecule has 3 N–H and O–H groups in total. The average molecular weight is 329 g/mol. The van der Waals surface area contributed by atoms with Crippen molar-refractivity contribution < 1.29 is 4.79 Å². The van der Waals surface area contributed by atoms with Crippen LogP contribution in [0.2, 0.25) is 0 Å². The van der Waals surface area contributed by atoms with Crippen molar-refractivity contribution in [2.75, 3.05) is 52.4 Å². The second-order valence-electron chi connectivity index (χ2n) is 6.92. The zero-order valence-corrected chi connectivity index (χ0v) is 14.1. The van der Waals surface area contributed by atoms with Gasteiger partial charge in [0.15, 0.2) is 0 Å². The lowest BCUT2D eigenvalue weighted by atomic mass is 10.1. The Morgan fingerprint density at radius 1 is 0.958 bits per heavy atom. The van der Waals surface area contributed by atoms with Gasteiger partial charge in [-0.05, 0) is 25.6 Å². The summed E-state index contributed by atoms with van der Waals surface area (Å²) in [5, 5.41) is 10.6. The van der Waals surface area contributed by atoms with E-state index in [4.69, 9.17) is 0 Å². The van der Waals surface area contributed by atoms with Gasteiger partial charge in [0.1, 0.15) is 6.17 Å². The van der Waals surface area contributed by atoms with Gasteiger partial charge < -0.3 is 20.9 Å². The minimum Gasteiger partial charge on any atom is -0.317 e. The number of rotatable bonds is 0. The number of hydrogen-bond acceptors (Lipinski definition) is 5. The van der Waals surface area contributed by atoms with Crippen LogP contribution in [-0.4, -0.2) is 74.1 Å². The Bertz CT molecular complexity index is 593. The van der Waals surface area contributed by atoms with E-state index in [9.17, 15) is 4.79 Å². The van der Waals surface area contributed by atoms with E-state index < -0.39 is 0 Å². The molecule has 1 aromatic carbocycles. The number of hydrogen-bond donors (Lipinski definition) is 3. The van der Waals surface area contributed by atoms with Crippen LogP contribution in [0.15, 0.2) is 24.3 Å². The fraction of sp³-hybridized carbons (Fsp3) is 0.611. The molecule has 3 atom stereocenters. The Labute approximate surface area is 143 Å². The highest BCUT2D eigenvalue weighted by molar-refractivity contribution is 5.99. The van der Waals surface area contributed by atoms with Crippen LogP contribution >= 0.6 is 0 Å². The highest BCUT2D eigenvalue weighted by Gasteiger charge is 2.44. The molecule has 0 aromatic heterocycles. The lowest BCUT2D eigenvalue weighted by Crippen LogP contribution is -2.58. The van der Waals surface area contributed by atoms with Crippen LogP contribution < -0.4 is 16.0 Å². The van der Waals surface area contributed by atoms with Gasteiger partial charge in [-0.3, -0.25) is 9.69 Å². The van der Waals surface area contributed by atoms with E-state index in [-0.39, 0.29) is 12.1 Å². The molecule has 24 heavy (non-hydrogen) atoms.